The van der Waals surface area contributed by atoms with Crippen LogP contribution in [-0.2, 0) is 0 Å². The van der Waals surface area contributed by atoms with Gasteiger partial charge in [-0.15, -0.1) is 0 Å². The van der Waals surface area contributed by atoms with Crippen molar-refractivity contribution in [3.8, 4) is 0 Å². The number of aliphatic hydroxyl groups is 1. The molecule has 0 aromatic carbocycles. The summed E-state index contributed by atoms with van der Waals surface area (Å²) in [5, 5.41) is 8.72. The second kappa shape index (κ2) is 2.64. The highest BCUT2D eigenvalue weighted by Gasteiger charge is 2.44. The smallest absolute Gasteiger partial charge is 0.390 e. The van der Waals surface area contributed by atoms with Crippen LogP contribution < -0.4 is 0 Å². The minimum absolute atomic E-state index is 0.140. The largest absolute Gasteiger partial charge is 0.403 e. The van der Waals surface area contributed by atoms with Gasteiger partial charge in [0.15, 0.2) is 0 Å². The maximum atomic E-state index is 11.9. The van der Waals surface area contributed by atoms with Gasteiger partial charge in [0.25, 0.3) is 0 Å². The Morgan fingerprint density at radius 3 is 2.18 bits per heavy atom. The van der Waals surface area contributed by atoms with Gasteiger partial charge in [0.2, 0.25) is 0 Å². The predicted molar refractivity (Wildman–Crippen MR) is 33.1 cm³/mol. The summed E-state index contributed by atoms with van der Waals surface area (Å²) in [7, 11) is 0. The van der Waals surface area contributed by atoms with E-state index < -0.39 is 18.3 Å². The first-order chi connectivity index (χ1) is 4.91. The number of rotatable bonds is 1. The van der Waals surface area contributed by atoms with Crippen LogP contribution in [0.1, 0.15) is 6.92 Å². The highest BCUT2D eigenvalue weighted by Crippen LogP contribution is 2.27. The molecule has 5 heteroatoms. The molecule has 0 aromatic heterocycles. The summed E-state index contributed by atoms with van der Waals surface area (Å²) >= 11 is 0. The molecule has 1 heterocycles. The van der Waals surface area contributed by atoms with Gasteiger partial charge >= 0.3 is 6.18 Å². The lowest BCUT2D eigenvalue weighted by atomic mass is 10.1. The molecule has 1 aliphatic rings. The molecular weight excluding hydrogens is 159 g/mol. The molecule has 0 aliphatic carbocycles. The van der Waals surface area contributed by atoms with Crippen molar-refractivity contribution in [1.82, 2.24) is 4.90 Å². The molecule has 1 atom stereocenters. The van der Waals surface area contributed by atoms with Crippen LogP contribution in [0.3, 0.4) is 0 Å². The first-order valence-electron chi connectivity index (χ1n) is 3.40. The predicted octanol–water partition coefficient (Wildman–Crippen LogP) is 0.614. The Bertz CT molecular complexity index is 141. The molecule has 66 valence electrons. The maximum absolute atomic E-state index is 11.9. The summed E-state index contributed by atoms with van der Waals surface area (Å²) < 4.78 is 35.8. The third-order valence-corrected chi connectivity index (χ3v) is 1.91. The van der Waals surface area contributed by atoms with Crippen molar-refractivity contribution in [3.63, 3.8) is 0 Å². The number of halogens is 3. The fraction of sp³-hybridized carbons (Fsp3) is 1.00. The lowest BCUT2D eigenvalue weighted by Crippen LogP contribution is -2.58. The average Bonchev–Trinajstić information content (AvgIpc) is 1.77. The molecule has 11 heavy (non-hydrogen) atoms. The maximum Gasteiger partial charge on any atom is 0.403 e. The third-order valence-electron chi connectivity index (χ3n) is 1.91. The zero-order chi connectivity index (χ0) is 8.65. The quantitative estimate of drug-likeness (QED) is 0.621. The number of hydrogen-bond donors (Lipinski definition) is 1. The van der Waals surface area contributed by atoms with Gasteiger partial charge in [-0.05, 0) is 6.92 Å². The average molecular weight is 169 g/mol. The van der Waals surface area contributed by atoms with E-state index in [-0.39, 0.29) is 13.1 Å². The van der Waals surface area contributed by atoms with Crippen LogP contribution in [0.15, 0.2) is 0 Å². The summed E-state index contributed by atoms with van der Waals surface area (Å²) in [5.74, 6) is 0. The minimum Gasteiger partial charge on any atom is -0.390 e. The van der Waals surface area contributed by atoms with Gasteiger partial charge in [-0.2, -0.15) is 13.2 Å². The fourth-order valence-corrected chi connectivity index (χ4v) is 1.01. The van der Waals surface area contributed by atoms with Gasteiger partial charge in [0, 0.05) is 13.1 Å². The number of nitrogens with zero attached hydrogens (tertiary/aromatic N) is 1. The molecule has 1 saturated heterocycles. The van der Waals surface area contributed by atoms with Gasteiger partial charge in [-0.1, -0.05) is 0 Å². The molecule has 0 unspecified atom stereocenters. The number of β-amino-alcohol motifs (C(OH)–C–C–N with tert-alkyl or cyclic N) is 1. The summed E-state index contributed by atoms with van der Waals surface area (Å²) in [6, 6.07) is -1.43. The second-order valence-electron chi connectivity index (χ2n) is 2.83. The van der Waals surface area contributed by atoms with Crippen LogP contribution in [0.25, 0.3) is 0 Å². The van der Waals surface area contributed by atoms with Gasteiger partial charge < -0.3 is 5.11 Å². The van der Waals surface area contributed by atoms with Crippen molar-refractivity contribution >= 4 is 0 Å². The number of hydrogen-bond acceptors (Lipinski definition) is 2. The molecule has 1 N–H and O–H groups in total. The molecule has 1 rings (SSSR count). The molecule has 0 spiro atoms. The van der Waals surface area contributed by atoms with Gasteiger partial charge in [-0.25, -0.2) is 0 Å². The molecule has 0 amide bonds. The molecular formula is C6H10F3NO. The van der Waals surface area contributed by atoms with E-state index in [2.05, 4.69) is 0 Å². The standard InChI is InChI=1S/C6H10F3NO/c1-4(6(7,8)9)10-2-5(11)3-10/h4-5,11H,2-3H2,1H3/t4-/m0/s1. The Morgan fingerprint density at radius 2 is 1.91 bits per heavy atom. The fourth-order valence-electron chi connectivity index (χ4n) is 1.01. The van der Waals surface area contributed by atoms with Crippen LogP contribution in [0.2, 0.25) is 0 Å². The third kappa shape index (κ3) is 1.84. The van der Waals surface area contributed by atoms with Crippen molar-refractivity contribution < 1.29 is 18.3 Å². The molecule has 0 bridgehead atoms. The van der Waals surface area contributed by atoms with Crippen LogP contribution in [0, 0.1) is 0 Å². The first kappa shape index (κ1) is 8.80. The number of aliphatic hydroxyl groups excluding tert-OH is 1. The lowest BCUT2D eigenvalue weighted by molar-refractivity contribution is -0.199. The Labute approximate surface area is 62.6 Å². The van der Waals surface area contributed by atoms with E-state index in [0.29, 0.717) is 0 Å². The van der Waals surface area contributed by atoms with E-state index in [1.807, 2.05) is 0 Å². The van der Waals surface area contributed by atoms with Gasteiger partial charge in [-0.3, -0.25) is 4.90 Å². The topological polar surface area (TPSA) is 23.5 Å². The van der Waals surface area contributed by atoms with Crippen LogP contribution >= 0.6 is 0 Å². The molecule has 1 aliphatic heterocycles. The number of alkyl halides is 3. The van der Waals surface area contributed by atoms with Gasteiger partial charge in [0.1, 0.15) is 6.04 Å². The Hall–Kier alpha value is -0.290. The second-order valence-corrected chi connectivity index (χ2v) is 2.83. The number of likely N-dealkylation sites (tertiary alicyclic amines) is 1. The first-order valence-corrected chi connectivity index (χ1v) is 3.40. The highest BCUT2D eigenvalue weighted by atomic mass is 19.4. The van der Waals surface area contributed by atoms with Crippen LogP contribution in [-0.4, -0.2) is 41.4 Å². The van der Waals surface area contributed by atoms with E-state index in [1.165, 1.54) is 4.90 Å². The van der Waals surface area contributed by atoms with E-state index in [0.717, 1.165) is 6.92 Å². The van der Waals surface area contributed by atoms with E-state index in [4.69, 9.17) is 5.11 Å². The summed E-state index contributed by atoms with van der Waals surface area (Å²) in [4.78, 5) is 1.20. The zero-order valence-electron chi connectivity index (χ0n) is 6.10. The SMILES string of the molecule is C[C@H](N1CC(O)C1)C(F)(F)F. The summed E-state index contributed by atoms with van der Waals surface area (Å²) in [6.45, 7) is 1.38. The van der Waals surface area contributed by atoms with Crippen molar-refractivity contribution in [3.05, 3.63) is 0 Å². The Morgan fingerprint density at radius 1 is 1.45 bits per heavy atom. The summed E-state index contributed by atoms with van der Waals surface area (Å²) in [6.07, 6.45) is -4.74. The van der Waals surface area contributed by atoms with Crippen molar-refractivity contribution in [2.75, 3.05) is 13.1 Å². The molecule has 2 nitrogen and oxygen atoms in total. The van der Waals surface area contributed by atoms with E-state index >= 15 is 0 Å². The van der Waals surface area contributed by atoms with Gasteiger partial charge in [0.05, 0.1) is 6.10 Å². The van der Waals surface area contributed by atoms with E-state index in [9.17, 15) is 13.2 Å². The Balaban J connectivity index is 2.38. The summed E-state index contributed by atoms with van der Waals surface area (Å²) in [5.41, 5.74) is 0. The molecule has 0 aromatic rings. The minimum atomic E-state index is -4.17. The van der Waals surface area contributed by atoms with Crippen molar-refractivity contribution in [1.29, 1.82) is 0 Å². The van der Waals surface area contributed by atoms with E-state index in [1.54, 1.807) is 0 Å². The zero-order valence-corrected chi connectivity index (χ0v) is 6.10. The Kier molecular flexibility index (Phi) is 2.11. The van der Waals surface area contributed by atoms with Crippen LogP contribution in [0.4, 0.5) is 13.2 Å². The van der Waals surface area contributed by atoms with Crippen molar-refractivity contribution in [2.45, 2.75) is 25.2 Å². The van der Waals surface area contributed by atoms with Crippen molar-refractivity contribution in [2.24, 2.45) is 0 Å². The molecule has 0 radical (unpaired) electrons. The normalized spacial score (nSPS) is 24.8. The molecule has 1 fully saturated rings. The monoisotopic (exact) mass is 169 g/mol. The highest BCUT2D eigenvalue weighted by molar-refractivity contribution is 4.86. The lowest BCUT2D eigenvalue weighted by Gasteiger charge is -2.40. The van der Waals surface area contributed by atoms with Crippen LogP contribution in [0.5, 0.6) is 0 Å². The molecule has 0 saturated carbocycles.